The molecule has 4 saturated carbocycles. The van der Waals surface area contributed by atoms with Crippen LogP contribution in [0.15, 0.2) is 33.5 Å². The molecule has 4 aliphatic carbocycles. The van der Waals surface area contributed by atoms with Gasteiger partial charge in [0, 0.05) is 11.5 Å². The predicted octanol–water partition coefficient (Wildman–Crippen LogP) is 4.05. The standard InChI is InChI=1S/C21H22O4/c1-24-20(23)15-2-3-18-16(7-15)17(22)8-19(25-18)21-9-12-4-13(10-21)6-14(5-12)11-21/h2-3,7-8,12-14H,4-6,9-11H2,1H3. The van der Waals surface area contributed by atoms with E-state index in [1.807, 2.05) is 0 Å². The smallest absolute Gasteiger partial charge is 0.337 e. The summed E-state index contributed by atoms with van der Waals surface area (Å²) in [7, 11) is 1.34. The van der Waals surface area contributed by atoms with E-state index in [2.05, 4.69) is 0 Å². The van der Waals surface area contributed by atoms with Crippen molar-refractivity contribution in [2.45, 2.75) is 43.9 Å². The summed E-state index contributed by atoms with van der Waals surface area (Å²) in [5.41, 5.74) is 0.955. The molecule has 0 amide bonds. The van der Waals surface area contributed by atoms with Crippen LogP contribution in [0.4, 0.5) is 0 Å². The van der Waals surface area contributed by atoms with Crippen molar-refractivity contribution in [3.05, 3.63) is 45.8 Å². The van der Waals surface area contributed by atoms with Crippen molar-refractivity contribution in [2.75, 3.05) is 7.11 Å². The van der Waals surface area contributed by atoms with E-state index >= 15 is 0 Å². The lowest BCUT2D eigenvalue weighted by Crippen LogP contribution is -2.48. The highest BCUT2D eigenvalue weighted by molar-refractivity contribution is 5.93. The molecule has 0 N–H and O–H groups in total. The zero-order valence-corrected chi connectivity index (χ0v) is 14.4. The van der Waals surface area contributed by atoms with Gasteiger partial charge in [0.05, 0.1) is 18.1 Å². The molecule has 4 nitrogen and oxygen atoms in total. The topological polar surface area (TPSA) is 56.5 Å². The van der Waals surface area contributed by atoms with Crippen molar-refractivity contribution in [1.82, 2.24) is 0 Å². The maximum absolute atomic E-state index is 12.7. The van der Waals surface area contributed by atoms with Crippen molar-refractivity contribution in [3.63, 3.8) is 0 Å². The van der Waals surface area contributed by atoms with Crippen LogP contribution >= 0.6 is 0 Å². The maximum atomic E-state index is 12.7. The third kappa shape index (κ3) is 2.26. The molecule has 0 radical (unpaired) electrons. The molecule has 4 heteroatoms. The van der Waals surface area contributed by atoms with Crippen LogP contribution < -0.4 is 5.43 Å². The van der Waals surface area contributed by atoms with Gasteiger partial charge in [0.2, 0.25) is 0 Å². The highest BCUT2D eigenvalue weighted by Crippen LogP contribution is 2.60. The fourth-order valence-electron chi connectivity index (χ4n) is 6.07. The summed E-state index contributed by atoms with van der Waals surface area (Å²) in [5.74, 6) is 2.83. The summed E-state index contributed by atoms with van der Waals surface area (Å²) in [6.45, 7) is 0. The van der Waals surface area contributed by atoms with Gasteiger partial charge in [0.15, 0.2) is 5.43 Å². The second-order valence-electron chi connectivity index (χ2n) is 8.38. The van der Waals surface area contributed by atoms with Gasteiger partial charge in [0.1, 0.15) is 11.3 Å². The predicted molar refractivity (Wildman–Crippen MR) is 93.7 cm³/mol. The molecule has 4 fully saturated rings. The number of carbonyl (C=O) groups excluding carboxylic acids is 1. The van der Waals surface area contributed by atoms with E-state index in [4.69, 9.17) is 9.15 Å². The molecule has 0 saturated heterocycles. The Labute approximate surface area is 146 Å². The fraction of sp³-hybridized carbons (Fsp3) is 0.524. The van der Waals surface area contributed by atoms with E-state index in [-0.39, 0.29) is 10.8 Å². The molecule has 1 heterocycles. The molecule has 0 atom stereocenters. The van der Waals surface area contributed by atoms with Gasteiger partial charge in [-0.3, -0.25) is 4.79 Å². The molecule has 4 bridgehead atoms. The van der Waals surface area contributed by atoms with Crippen molar-refractivity contribution < 1.29 is 13.9 Å². The van der Waals surface area contributed by atoms with Crippen molar-refractivity contribution >= 4 is 16.9 Å². The Morgan fingerprint density at radius 1 is 1.08 bits per heavy atom. The van der Waals surface area contributed by atoms with Crippen molar-refractivity contribution in [3.8, 4) is 0 Å². The molecule has 1 aromatic heterocycles. The number of rotatable bonds is 2. The second-order valence-corrected chi connectivity index (χ2v) is 8.38. The molecule has 4 aliphatic rings. The number of methoxy groups -OCH3 is 1. The molecule has 0 unspecified atom stereocenters. The van der Waals surface area contributed by atoms with E-state index < -0.39 is 5.97 Å². The first-order valence-corrected chi connectivity index (χ1v) is 9.23. The average Bonchev–Trinajstić information content (AvgIpc) is 2.59. The van der Waals surface area contributed by atoms with Crippen LogP contribution in [0.5, 0.6) is 0 Å². The van der Waals surface area contributed by atoms with Crippen LogP contribution in [0.3, 0.4) is 0 Å². The normalized spacial score (nSPS) is 32.9. The first kappa shape index (κ1) is 15.2. The van der Waals surface area contributed by atoms with Gasteiger partial charge in [-0.05, 0) is 74.5 Å². The van der Waals surface area contributed by atoms with E-state index in [1.54, 1.807) is 24.3 Å². The van der Waals surface area contributed by atoms with Crippen LogP contribution in [0.25, 0.3) is 11.0 Å². The first-order chi connectivity index (χ1) is 12.1. The van der Waals surface area contributed by atoms with Crippen LogP contribution in [-0.2, 0) is 10.2 Å². The fourth-order valence-corrected chi connectivity index (χ4v) is 6.07. The third-order valence-corrected chi connectivity index (χ3v) is 6.71. The largest absolute Gasteiger partial charge is 0.465 e. The van der Waals surface area contributed by atoms with Gasteiger partial charge in [-0.15, -0.1) is 0 Å². The first-order valence-electron chi connectivity index (χ1n) is 9.23. The quantitative estimate of drug-likeness (QED) is 0.775. The highest BCUT2D eigenvalue weighted by Gasteiger charge is 2.53. The Hall–Kier alpha value is -2.10. The number of fused-ring (bicyclic) bond motifs is 1. The second kappa shape index (κ2) is 5.20. The molecule has 1 aromatic carbocycles. The van der Waals surface area contributed by atoms with Gasteiger partial charge in [-0.2, -0.15) is 0 Å². The number of ether oxygens (including phenoxy) is 1. The van der Waals surface area contributed by atoms with E-state index in [0.717, 1.165) is 42.8 Å². The Bertz CT molecular complexity index is 888. The van der Waals surface area contributed by atoms with Gasteiger partial charge in [0.25, 0.3) is 0 Å². The number of hydrogen-bond acceptors (Lipinski definition) is 4. The highest BCUT2D eigenvalue weighted by atomic mass is 16.5. The molecule has 6 rings (SSSR count). The molecule has 0 spiro atoms. The maximum Gasteiger partial charge on any atom is 0.337 e. The Morgan fingerprint density at radius 2 is 1.72 bits per heavy atom. The Kier molecular flexibility index (Phi) is 3.16. The van der Waals surface area contributed by atoms with Crippen molar-refractivity contribution in [2.24, 2.45) is 17.8 Å². The Morgan fingerprint density at radius 3 is 2.32 bits per heavy atom. The van der Waals surface area contributed by atoms with Gasteiger partial charge in [-0.1, -0.05) is 0 Å². The summed E-state index contributed by atoms with van der Waals surface area (Å²) in [5, 5.41) is 0.455. The molecule has 130 valence electrons. The molecular formula is C21H22O4. The number of carbonyl (C=O) groups is 1. The SMILES string of the molecule is COC(=O)c1ccc2oc(C34CC5CC(CC(C5)C3)C4)cc(=O)c2c1. The van der Waals surface area contributed by atoms with E-state index in [1.165, 1.54) is 26.4 Å². The summed E-state index contributed by atoms with van der Waals surface area (Å²) < 4.78 is 11.0. The number of hydrogen-bond donors (Lipinski definition) is 0. The van der Waals surface area contributed by atoms with Crippen LogP contribution in [-0.4, -0.2) is 13.1 Å². The minimum atomic E-state index is -0.438. The lowest BCUT2D eigenvalue weighted by atomic mass is 9.49. The molecule has 2 aromatic rings. The van der Waals surface area contributed by atoms with Crippen LogP contribution in [0, 0.1) is 17.8 Å². The van der Waals surface area contributed by atoms with Gasteiger partial charge >= 0.3 is 5.97 Å². The molecule has 0 aliphatic heterocycles. The van der Waals surface area contributed by atoms with Crippen LogP contribution in [0.2, 0.25) is 0 Å². The summed E-state index contributed by atoms with van der Waals surface area (Å²) in [6.07, 6.45) is 7.56. The van der Waals surface area contributed by atoms with E-state index in [0.29, 0.717) is 16.5 Å². The number of esters is 1. The average molecular weight is 338 g/mol. The molecular weight excluding hydrogens is 316 g/mol. The summed E-state index contributed by atoms with van der Waals surface area (Å²) in [4.78, 5) is 24.5. The summed E-state index contributed by atoms with van der Waals surface area (Å²) in [6, 6.07) is 6.67. The molecule has 25 heavy (non-hydrogen) atoms. The minimum absolute atomic E-state index is 0.0576. The lowest BCUT2D eigenvalue weighted by Gasteiger charge is -2.56. The van der Waals surface area contributed by atoms with Gasteiger partial charge < -0.3 is 9.15 Å². The van der Waals surface area contributed by atoms with E-state index in [9.17, 15) is 9.59 Å². The zero-order valence-electron chi connectivity index (χ0n) is 14.4. The monoisotopic (exact) mass is 338 g/mol. The van der Waals surface area contributed by atoms with Gasteiger partial charge in [-0.25, -0.2) is 4.79 Å². The van der Waals surface area contributed by atoms with Crippen molar-refractivity contribution in [1.29, 1.82) is 0 Å². The minimum Gasteiger partial charge on any atom is -0.465 e. The lowest BCUT2D eigenvalue weighted by molar-refractivity contribution is -0.0150. The Balaban J connectivity index is 1.61. The number of benzene rings is 1. The summed E-state index contributed by atoms with van der Waals surface area (Å²) >= 11 is 0. The zero-order chi connectivity index (χ0) is 17.2. The van der Waals surface area contributed by atoms with Crippen LogP contribution in [0.1, 0.15) is 54.6 Å². The third-order valence-electron chi connectivity index (χ3n) is 6.71.